The molecule has 0 atom stereocenters. The number of rotatable bonds is 2. The highest BCUT2D eigenvalue weighted by molar-refractivity contribution is 5.78. The molecule has 0 saturated heterocycles. The van der Waals surface area contributed by atoms with Gasteiger partial charge >= 0.3 is 12.0 Å². The first-order chi connectivity index (χ1) is 7.16. The first-order valence-corrected chi connectivity index (χ1v) is 4.83. The number of imidazole rings is 1. The molecule has 1 N–H and O–H groups in total. The summed E-state index contributed by atoms with van der Waals surface area (Å²) in [5.74, 6) is -0.438. The third-order valence-corrected chi connectivity index (χ3v) is 2.04. The lowest BCUT2D eigenvalue weighted by Crippen LogP contribution is -2.15. The fourth-order valence-corrected chi connectivity index (χ4v) is 1.19. The lowest BCUT2D eigenvalue weighted by Gasteiger charge is -2.01. The van der Waals surface area contributed by atoms with Crippen LogP contribution in [0.15, 0.2) is 24.3 Å². The second kappa shape index (κ2) is 3.73. The van der Waals surface area contributed by atoms with Crippen LogP contribution in [0.5, 0.6) is 6.01 Å². The van der Waals surface area contributed by atoms with Gasteiger partial charge in [0.1, 0.15) is 0 Å². The molecule has 2 aromatic rings. The standard InChI is InChI=1S/C11H12N2O2/c1-7(2)10(14)15-11-12-8-5-3-4-6-9(8)13-11/h3-7H,1-2H3,(H,12,13). The Morgan fingerprint density at radius 2 is 2.13 bits per heavy atom. The van der Waals surface area contributed by atoms with Crippen LogP contribution in [0.2, 0.25) is 0 Å². The predicted octanol–water partition coefficient (Wildman–Crippen LogP) is 2.12. The number of hydrogen-bond acceptors (Lipinski definition) is 3. The van der Waals surface area contributed by atoms with E-state index in [1.54, 1.807) is 13.8 Å². The molecule has 0 aliphatic heterocycles. The van der Waals surface area contributed by atoms with E-state index in [4.69, 9.17) is 4.74 Å². The molecule has 1 aromatic heterocycles. The van der Waals surface area contributed by atoms with Crippen molar-refractivity contribution in [3.8, 4) is 6.01 Å². The zero-order chi connectivity index (χ0) is 10.8. The number of H-pyrrole nitrogens is 1. The number of nitrogens with one attached hydrogen (secondary N) is 1. The van der Waals surface area contributed by atoms with Crippen molar-refractivity contribution in [3.05, 3.63) is 24.3 Å². The highest BCUT2D eigenvalue weighted by atomic mass is 16.5. The van der Waals surface area contributed by atoms with Crippen LogP contribution in [-0.2, 0) is 4.79 Å². The van der Waals surface area contributed by atoms with Crippen molar-refractivity contribution in [1.29, 1.82) is 0 Å². The minimum Gasteiger partial charge on any atom is -0.392 e. The molecule has 0 saturated carbocycles. The zero-order valence-corrected chi connectivity index (χ0v) is 8.65. The summed E-state index contributed by atoms with van der Waals surface area (Å²) in [6.45, 7) is 3.57. The largest absolute Gasteiger partial charge is 0.392 e. The van der Waals surface area contributed by atoms with Crippen molar-refractivity contribution < 1.29 is 9.53 Å². The summed E-state index contributed by atoms with van der Waals surface area (Å²) in [5, 5.41) is 0. The molecule has 0 aliphatic rings. The minimum absolute atomic E-state index is 0.154. The molecule has 1 heterocycles. The fourth-order valence-electron chi connectivity index (χ4n) is 1.19. The normalized spacial score (nSPS) is 10.9. The van der Waals surface area contributed by atoms with Crippen molar-refractivity contribution in [2.24, 2.45) is 5.92 Å². The summed E-state index contributed by atoms with van der Waals surface area (Å²) >= 11 is 0. The van der Waals surface area contributed by atoms with Crippen LogP contribution in [0.25, 0.3) is 11.0 Å². The first-order valence-electron chi connectivity index (χ1n) is 4.83. The monoisotopic (exact) mass is 204 g/mol. The summed E-state index contributed by atoms with van der Waals surface area (Å²) in [6.07, 6.45) is 0. The van der Waals surface area contributed by atoms with Crippen LogP contribution in [0.4, 0.5) is 0 Å². The highest BCUT2D eigenvalue weighted by Gasteiger charge is 2.12. The Bertz CT molecular complexity index is 455. The molecule has 0 bridgehead atoms. The molecule has 4 nitrogen and oxygen atoms in total. The van der Waals surface area contributed by atoms with E-state index in [-0.39, 0.29) is 17.9 Å². The van der Waals surface area contributed by atoms with Gasteiger partial charge < -0.3 is 9.72 Å². The van der Waals surface area contributed by atoms with Gasteiger partial charge in [0.05, 0.1) is 17.0 Å². The SMILES string of the molecule is CC(C)C(=O)Oc1nc2ccccc2[nH]1. The Balaban J connectivity index is 2.26. The Hall–Kier alpha value is -1.84. The van der Waals surface area contributed by atoms with E-state index in [0.717, 1.165) is 11.0 Å². The van der Waals surface area contributed by atoms with Gasteiger partial charge in [-0.15, -0.1) is 0 Å². The van der Waals surface area contributed by atoms with Gasteiger partial charge in [0.25, 0.3) is 0 Å². The van der Waals surface area contributed by atoms with E-state index in [2.05, 4.69) is 9.97 Å². The third-order valence-electron chi connectivity index (χ3n) is 2.04. The van der Waals surface area contributed by atoms with E-state index in [1.165, 1.54) is 0 Å². The number of carbonyl (C=O) groups is 1. The van der Waals surface area contributed by atoms with E-state index >= 15 is 0 Å². The Kier molecular flexibility index (Phi) is 2.41. The van der Waals surface area contributed by atoms with Gasteiger partial charge in [0.2, 0.25) is 0 Å². The average molecular weight is 204 g/mol. The molecule has 2 rings (SSSR count). The molecule has 78 valence electrons. The Labute approximate surface area is 87.3 Å². The number of para-hydroxylation sites is 2. The van der Waals surface area contributed by atoms with Crippen molar-refractivity contribution in [3.63, 3.8) is 0 Å². The van der Waals surface area contributed by atoms with Crippen molar-refractivity contribution in [1.82, 2.24) is 9.97 Å². The molecule has 0 unspecified atom stereocenters. The number of nitrogens with zero attached hydrogens (tertiary/aromatic N) is 1. The zero-order valence-electron chi connectivity index (χ0n) is 8.65. The maximum Gasteiger partial charge on any atom is 0.316 e. The third kappa shape index (κ3) is 1.98. The van der Waals surface area contributed by atoms with Crippen LogP contribution in [0.1, 0.15) is 13.8 Å². The van der Waals surface area contributed by atoms with E-state index in [1.807, 2.05) is 24.3 Å². The van der Waals surface area contributed by atoms with Crippen LogP contribution >= 0.6 is 0 Å². The van der Waals surface area contributed by atoms with Crippen LogP contribution in [-0.4, -0.2) is 15.9 Å². The maximum absolute atomic E-state index is 11.3. The molecule has 4 heteroatoms. The number of fused-ring (bicyclic) bond motifs is 1. The quantitative estimate of drug-likeness (QED) is 0.762. The number of aromatic amines is 1. The molecule has 0 spiro atoms. The van der Waals surface area contributed by atoms with Crippen LogP contribution < -0.4 is 4.74 Å². The number of aromatic nitrogens is 2. The summed E-state index contributed by atoms with van der Waals surface area (Å²) in [5.41, 5.74) is 1.66. The topological polar surface area (TPSA) is 55.0 Å². The summed E-state index contributed by atoms with van der Waals surface area (Å²) in [6, 6.07) is 7.79. The molecular formula is C11H12N2O2. The number of hydrogen-bond donors (Lipinski definition) is 1. The maximum atomic E-state index is 11.3. The van der Waals surface area contributed by atoms with Gasteiger partial charge in [-0.05, 0) is 12.1 Å². The molecule has 0 aliphatic carbocycles. The van der Waals surface area contributed by atoms with Gasteiger partial charge in [-0.2, -0.15) is 4.98 Å². The number of benzene rings is 1. The van der Waals surface area contributed by atoms with Gasteiger partial charge in [-0.3, -0.25) is 4.79 Å². The molecule has 15 heavy (non-hydrogen) atoms. The van der Waals surface area contributed by atoms with Crippen LogP contribution in [0, 0.1) is 5.92 Å². The molecule has 1 aromatic carbocycles. The molecule has 0 amide bonds. The van der Waals surface area contributed by atoms with Gasteiger partial charge in [0.15, 0.2) is 0 Å². The van der Waals surface area contributed by atoms with Gasteiger partial charge in [0, 0.05) is 0 Å². The van der Waals surface area contributed by atoms with Crippen molar-refractivity contribution in [2.45, 2.75) is 13.8 Å². The second-order valence-electron chi connectivity index (χ2n) is 3.63. The fraction of sp³-hybridized carbons (Fsp3) is 0.273. The minimum atomic E-state index is -0.283. The number of esters is 1. The highest BCUT2D eigenvalue weighted by Crippen LogP contribution is 2.15. The van der Waals surface area contributed by atoms with E-state index in [9.17, 15) is 4.79 Å². The second-order valence-corrected chi connectivity index (χ2v) is 3.63. The Morgan fingerprint density at radius 3 is 2.80 bits per heavy atom. The number of ether oxygens (including phenoxy) is 1. The van der Waals surface area contributed by atoms with E-state index < -0.39 is 0 Å². The Morgan fingerprint density at radius 1 is 1.40 bits per heavy atom. The van der Waals surface area contributed by atoms with Gasteiger partial charge in [-0.1, -0.05) is 26.0 Å². The predicted molar refractivity (Wildman–Crippen MR) is 56.6 cm³/mol. The summed E-state index contributed by atoms with van der Waals surface area (Å²) < 4.78 is 5.06. The smallest absolute Gasteiger partial charge is 0.316 e. The molecule has 0 radical (unpaired) electrons. The van der Waals surface area contributed by atoms with Crippen LogP contribution in [0.3, 0.4) is 0 Å². The molecule has 0 fully saturated rings. The first kappa shape index (κ1) is 9.71. The van der Waals surface area contributed by atoms with Gasteiger partial charge in [-0.25, -0.2) is 0 Å². The summed E-state index contributed by atoms with van der Waals surface area (Å²) in [4.78, 5) is 18.4. The van der Waals surface area contributed by atoms with Crippen molar-refractivity contribution >= 4 is 17.0 Å². The van der Waals surface area contributed by atoms with E-state index in [0.29, 0.717) is 0 Å². The van der Waals surface area contributed by atoms with Crippen molar-refractivity contribution in [2.75, 3.05) is 0 Å². The average Bonchev–Trinajstić information content (AvgIpc) is 2.59. The lowest BCUT2D eigenvalue weighted by molar-refractivity contribution is -0.138. The molecular weight excluding hydrogens is 192 g/mol. The number of carbonyl (C=O) groups excluding carboxylic acids is 1. The summed E-state index contributed by atoms with van der Waals surface area (Å²) in [7, 11) is 0. The lowest BCUT2D eigenvalue weighted by atomic mass is 10.2.